The predicted molar refractivity (Wildman–Crippen MR) is 124 cm³/mol. The van der Waals surface area contributed by atoms with Crippen LogP contribution >= 0.6 is 0 Å². The summed E-state index contributed by atoms with van der Waals surface area (Å²) in [5.74, 6) is 1.83. The molecular weight excluding hydrogens is 424 g/mol. The molecule has 3 aromatic rings. The van der Waals surface area contributed by atoms with Gasteiger partial charge in [-0.25, -0.2) is 9.97 Å². The number of amides is 1. The second-order valence-corrected chi connectivity index (χ2v) is 7.75. The lowest BCUT2D eigenvalue weighted by Crippen LogP contribution is -2.28. The van der Waals surface area contributed by atoms with Crippen molar-refractivity contribution in [2.75, 3.05) is 31.4 Å². The highest BCUT2D eigenvalue weighted by atomic mass is 16.7. The van der Waals surface area contributed by atoms with Crippen LogP contribution in [-0.2, 0) is 17.6 Å². The van der Waals surface area contributed by atoms with Gasteiger partial charge >= 0.3 is 0 Å². The first-order valence-corrected chi connectivity index (χ1v) is 10.6. The largest absolute Gasteiger partial charge is 0.454 e. The summed E-state index contributed by atoms with van der Waals surface area (Å²) in [7, 11) is 1.57. The van der Waals surface area contributed by atoms with Crippen LogP contribution in [0, 0.1) is 13.8 Å². The molecule has 3 heterocycles. The van der Waals surface area contributed by atoms with E-state index >= 15 is 0 Å². The fourth-order valence-corrected chi connectivity index (χ4v) is 3.61. The Morgan fingerprint density at radius 1 is 1.21 bits per heavy atom. The van der Waals surface area contributed by atoms with E-state index in [4.69, 9.17) is 15.2 Å². The standard InChI is InChI=1S/C23H26N6O4/c1-13-11-27-21(26-7-6-15-4-5-18-19(8-15)33-12-32-18)23(31)29(13)22-17(24)9-16(14(2)28-22)10-20(30)25-3/h4-5,8-9,11H,6-7,10,12,24H2,1-3H3,(H,25,30)(H,26,27). The molecule has 0 saturated carbocycles. The van der Waals surface area contributed by atoms with Gasteiger partial charge < -0.3 is 25.8 Å². The van der Waals surface area contributed by atoms with E-state index < -0.39 is 0 Å². The number of pyridine rings is 1. The molecule has 0 saturated heterocycles. The predicted octanol–water partition coefficient (Wildman–Crippen LogP) is 1.50. The molecule has 0 spiro atoms. The van der Waals surface area contributed by atoms with Crippen LogP contribution in [0.3, 0.4) is 0 Å². The quantitative estimate of drug-likeness (QED) is 0.493. The van der Waals surface area contributed by atoms with E-state index in [-0.39, 0.29) is 30.5 Å². The number of nitrogens with zero attached hydrogens (tertiary/aromatic N) is 3. The normalized spacial score (nSPS) is 12.0. The van der Waals surface area contributed by atoms with Crippen LogP contribution in [0.2, 0.25) is 0 Å². The van der Waals surface area contributed by atoms with Crippen LogP contribution in [0.1, 0.15) is 22.5 Å². The number of fused-ring (bicyclic) bond motifs is 1. The molecule has 0 radical (unpaired) electrons. The Balaban J connectivity index is 1.55. The van der Waals surface area contributed by atoms with Crippen molar-refractivity contribution in [3.05, 3.63) is 63.3 Å². The van der Waals surface area contributed by atoms with E-state index in [9.17, 15) is 9.59 Å². The zero-order valence-electron chi connectivity index (χ0n) is 18.8. The summed E-state index contributed by atoms with van der Waals surface area (Å²) in [5.41, 5.74) is 9.17. The van der Waals surface area contributed by atoms with Gasteiger partial charge in [-0.05, 0) is 49.6 Å². The third kappa shape index (κ3) is 4.59. The fraction of sp³-hybridized carbons (Fsp3) is 0.304. The molecule has 1 amide bonds. The highest BCUT2D eigenvalue weighted by molar-refractivity contribution is 5.79. The zero-order chi connectivity index (χ0) is 23.5. The van der Waals surface area contributed by atoms with E-state index in [0.29, 0.717) is 41.4 Å². The summed E-state index contributed by atoms with van der Waals surface area (Å²) in [6, 6.07) is 7.45. The number of aromatic nitrogens is 3. The Morgan fingerprint density at radius 2 is 2.00 bits per heavy atom. The average Bonchev–Trinajstić information content (AvgIpc) is 3.26. The molecule has 1 aliphatic rings. The second kappa shape index (κ2) is 9.19. The number of anilines is 2. The van der Waals surface area contributed by atoms with Crippen LogP contribution < -0.4 is 31.4 Å². The first-order chi connectivity index (χ1) is 15.9. The van der Waals surface area contributed by atoms with Gasteiger partial charge in [-0.15, -0.1) is 0 Å². The third-order valence-electron chi connectivity index (χ3n) is 5.45. The fourth-order valence-electron chi connectivity index (χ4n) is 3.61. The average molecular weight is 450 g/mol. The van der Waals surface area contributed by atoms with Crippen molar-refractivity contribution in [2.24, 2.45) is 0 Å². The van der Waals surface area contributed by atoms with Crippen molar-refractivity contribution in [2.45, 2.75) is 26.7 Å². The molecule has 2 aromatic heterocycles. The number of hydrogen-bond acceptors (Lipinski definition) is 8. The number of nitrogens with two attached hydrogens (primary N) is 1. The minimum absolute atomic E-state index is 0.141. The van der Waals surface area contributed by atoms with Crippen molar-refractivity contribution >= 4 is 17.4 Å². The van der Waals surface area contributed by atoms with Gasteiger partial charge in [0.25, 0.3) is 5.56 Å². The van der Waals surface area contributed by atoms with Gasteiger partial charge in [0.2, 0.25) is 12.7 Å². The molecule has 1 aromatic carbocycles. The molecule has 1 aliphatic heterocycles. The maximum Gasteiger partial charge on any atom is 0.299 e. The van der Waals surface area contributed by atoms with Crippen LogP contribution in [0.4, 0.5) is 11.5 Å². The van der Waals surface area contributed by atoms with E-state index in [1.165, 1.54) is 4.57 Å². The van der Waals surface area contributed by atoms with Crippen LogP contribution in [0.15, 0.2) is 35.3 Å². The second-order valence-electron chi connectivity index (χ2n) is 7.75. The number of aryl methyl sites for hydroxylation is 2. The van der Waals surface area contributed by atoms with Gasteiger partial charge in [-0.1, -0.05) is 6.07 Å². The van der Waals surface area contributed by atoms with Gasteiger partial charge in [-0.3, -0.25) is 14.2 Å². The lowest BCUT2D eigenvalue weighted by molar-refractivity contribution is -0.119. The Bertz CT molecular complexity index is 1270. The summed E-state index contributed by atoms with van der Waals surface area (Å²) in [6.45, 7) is 4.28. The monoisotopic (exact) mass is 450 g/mol. The summed E-state index contributed by atoms with van der Waals surface area (Å²) in [4.78, 5) is 33.7. The van der Waals surface area contributed by atoms with Crippen molar-refractivity contribution in [1.29, 1.82) is 0 Å². The maximum absolute atomic E-state index is 13.2. The molecule has 172 valence electrons. The Hall–Kier alpha value is -4.08. The molecule has 10 nitrogen and oxygen atoms in total. The van der Waals surface area contributed by atoms with Crippen LogP contribution in [-0.4, -0.2) is 40.8 Å². The molecular formula is C23H26N6O4. The van der Waals surface area contributed by atoms with Gasteiger partial charge in [0.1, 0.15) is 0 Å². The molecule has 4 N–H and O–H groups in total. The number of nitrogen functional groups attached to an aromatic ring is 1. The minimum Gasteiger partial charge on any atom is -0.454 e. The lowest BCUT2D eigenvalue weighted by atomic mass is 10.1. The van der Waals surface area contributed by atoms with E-state index in [1.54, 1.807) is 33.2 Å². The topological polar surface area (TPSA) is 133 Å². The first kappa shape index (κ1) is 22.1. The van der Waals surface area contributed by atoms with Crippen molar-refractivity contribution in [3.63, 3.8) is 0 Å². The highest BCUT2D eigenvalue weighted by Crippen LogP contribution is 2.32. The summed E-state index contributed by atoms with van der Waals surface area (Å²) < 4.78 is 12.2. The first-order valence-electron chi connectivity index (χ1n) is 10.6. The third-order valence-corrected chi connectivity index (χ3v) is 5.45. The molecule has 10 heteroatoms. The number of likely N-dealkylation sites (N-methyl/N-ethyl adjacent to an activating group) is 1. The SMILES string of the molecule is CNC(=O)Cc1cc(N)c(-n2c(C)cnc(NCCc3ccc4c(c3)OCO4)c2=O)nc1C. The van der Waals surface area contributed by atoms with Crippen molar-refractivity contribution in [3.8, 4) is 17.3 Å². The number of nitrogens with one attached hydrogen (secondary N) is 2. The molecule has 33 heavy (non-hydrogen) atoms. The van der Waals surface area contributed by atoms with Gasteiger partial charge in [-0.2, -0.15) is 0 Å². The number of carbonyl (C=O) groups is 1. The number of hydrogen-bond donors (Lipinski definition) is 3. The molecule has 0 aliphatic carbocycles. The Morgan fingerprint density at radius 3 is 2.79 bits per heavy atom. The molecule has 4 rings (SSSR count). The van der Waals surface area contributed by atoms with E-state index in [0.717, 1.165) is 17.1 Å². The summed E-state index contributed by atoms with van der Waals surface area (Å²) >= 11 is 0. The Kier molecular flexibility index (Phi) is 6.16. The lowest BCUT2D eigenvalue weighted by Gasteiger charge is -2.15. The number of rotatable bonds is 7. The van der Waals surface area contributed by atoms with Gasteiger partial charge in [0.15, 0.2) is 23.1 Å². The molecule has 0 atom stereocenters. The van der Waals surface area contributed by atoms with E-state index in [2.05, 4.69) is 20.6 Å². The highest BCUT2D eigenvalue weighted by Gasteiger charge is 2.17. The number of ether oxygens (including phenoxy) is 2. The van der Waals surface area contributed by atoms with E-state index in [1.807, 2.05) is 18.2 Å². The number of benzene rings is 1. The van der Waals surface area contributed by atoms with Crippen molar-refractivity contribution < 1.29 is 14.3 Å². The van der Waals surface area contributed by atoms with Gasteiger partial charge in [0, 0.05) is 31.2 Å². The molecule has 0 unspecified atom stereocenters. The smallest absolute Gasteiger partial charge is 0.299 e. The Labute approximate surface area is 190 Å². The van der Waals surface area contributed by atoms with Crippen LogP contribution in [0.25, 0.3) is 5.82 Å². The minimum atomic E-state index is -0.349. The summed E-state index contributed by atoms with van der Waals surface area (Å²) in [6.07, 6.45) is 2.43. The van der Waals surface area contributed by atoms with Gasteiger partial charge in [0.05, 0.1) is 12.1 Å². The van der Waals surface area contributed by atoms with Crippen molar-refractivity contribution in [1.82, 2.24) is 19.9 Å². The summed E-state index contributed by atoms with van der Waals surface area (Å²) in [5, 5.41) is 5.69. The number of carbonyl (C=O) groups excluding carboxylic acids is 1. The zero-order valence-corrected chi connectivity index (χ0v) is 18.8. The molecule has 0 bridgehead atoms. The van der Waals surface area contributed by atoms with Crippen LogP contribution in [0.5, 0.6) is 11.5 Å². The maximum atomic E-state index is 13.2. The molecule has 0 fully saturated rings.